The number of nitrogens with two attached hydrogens (primary N) is 2. The number of hydrogen-bond acceptors (Lipinski definition) is 6. The van der Waals surface area contributed by atoms with Crippen LogP contribution in [0.3, 0.4) is 0 Å². The summed E-state index contributed by atoms with van der Waals surface area (Å²) >= 11 is 7.87. The van der Waals surface area contributed by atoms with Crippen LogP contribution in [0.1, 0.15) is 35.5 Å². The number of carbonyl (C=O) groups is 1. The van der Waals surface area contributed by atoms with Gasteiger partial charge < -0.3 is 16.2 Å². The fourth-order valence-electron chi connectivity index (χ4n) is 4.54. The molecule has 3 aromatic heterocycles. The second-order valence-corrected chi connectivity index (χ2v) is 10.6. The van der Waals surface area contributed by atoms with Crippen molar-refractivity contribution < 1.29 is 9.53 Å². The summed E-state index contributed by atoms with van der Waals surface area (Å²) in [5, 5.41) is 0.639. The van der Waals surface area contributed by atoms with Crippen LogP contribution in [-0.4, -0.2) is 39.3 Å². The third-order valence-electron chi connectivity index (χ3n) is 6.29. The number of primary amides is 1. The van der Waals surface area contributed by atoms with Gasteiger partial charge in [-0.25, -0.2) is 4.98 Å². The largest absolute Gasteiger partial charge is 0.485 e. The van der Waals surface area contributed by atoms with Gasteiger partial charge >= 0.3 is 0 Å². The van der Waals surface area contributed by atoms with Crippen molar-refractivity contribution in [1.29, 1.82) is 0 Å². The molecule has 4 aromatic rings. The van der Waals surface area contributed by atoms with Crippen molar-refractivity contribution in [3.8, 4) is 16.3 Å². The van der Waals surface area contributed by atoms with Crippen LogP contribution in [0.25, 0.3) is 16.2 Å². The molecule has 9 heteroatoms. The van der Waals surface area contributed by atoms with Gasteiger partial charge in [0, 0.05) is 48.5 Å². The maximum Gasteiger partial charge on any atom is 0.222 e. The Morgan fingerprint density at radius 2 is 2.14 bits per heavy atom. The molecule has 0 saturated carbocycles. The van der Waals surface area contributed by atoms with E-state index in [1.54, 1.807) is 0 Å². The number of aromatic nitrogens is 2. The van der Waals surface area contributed by atoms with Crippen molar-refractivity contribution in [3.63, 3.8) is 0 Å². The van der Waals surface area contributed by atoms with E-state index in [9.17, 15) is 4.79 Å². The molecular weight excluding hydrogens is 482 g/mol. The molecule has 7 nitrogen and oxygen atoms in total. The lowest BCUT2D eigenvalue weighted by atomic mass is 10.1. The highest BCUT2D eigenvalue weighted by molar-refractivity contribution is 7.15. The molecule has 0 spiro atoms. The summed E-state index contributed by atoms with van der Waals surface area (Å²) < 4.78 is 8.39. The zero-order valence-electron chi connectivity index (χ0n) is 19.5. The minimum atomic E-state index is -0.405. The maximum atomic E-state index is 11.8. The highest BCUT2D eigenvalue weighted by atomic mass is 35.5. The minimum absolute atomic E-state index is 0.104. The molecule has 1 aliphatic heterocycles. The third kappa shape index (κ3) is 5.21. The number of carbonyl (C=O) groups excluding carboxylic acids is 1. The number of pyridine rings is 1. The van der Waals surface area contributed by atoms with E-state index < -0.39 is 5.91 Å². The van der Waals surface area contributed by atoms with E-state index in [-0.39, 0.29) is 18.6 Å². The normalized spacial score (nSPS) is 17.2. The van der Waals surface area contributed by atoms with Crippen molar-refractivity contribution in [1.82, 2.24) is 14.3 Å². The molecule has 1 amide bonds. The van der Waals surface area contributed by atoms with Gasteiger partial charge in [-0.15, -0.1) is 11.3 Å². The van der Waals surface area contributed by atoms with E-state index in [1.165, 1.54) is 16.9 Å². The highest BCUT2D eigenvalue weighted by Crippen LogP contribution is 2.39. The molecule has 1 aliphatic rings. The number of amides is 1. The van der Waals surface area contributed by atoms with Crippen molar-refractivity contribution in [2.24, 2.45) is 11.5 Å². The first-order valence-electron chi connectivity index (χ1n) is 11.6. The average molecular weight is 510 g/mol. The van der Waals surface area contributed by atoms with E-state index >= 15 is 0 Å². The number of likely N-dealkylation sites (tertiary alicyclic amines) is 1. The number of halogens is 1. The topological polar surface area (TPSA) is 98.9 Å². The number of fused-ring (bicyclic) bond motifs is 1. The van der Waals surface area contributed by atoms with Gasteiger partial charge in [-0.2, -0.15) is 0 Å². The van der Waals surface area contributed by atoms with Gasteiger partial charge in [-0.3, -0.25) is 14.1 Å². The summed E-state index contributed by atoms with van der Waals surface area (Å²) in [6, 6.07) is 14.0. The molecular formula is C26H28ClN5O2S. The summed E-state index contributed by atoms with van der Waals surface area (Å²) in [4.78, 5) is 20.5. The molecule has 0 radical (unpaired) electrons. The van der Waals surface area contributed by atoms with Crippen molar-refractivity contribution in [3.05, 3.63) is 75.9 Å². The van der Waals surface area contributed by atoms with Gasteiger partial charge in [0.1, 0.15) is 17.5 Å². The molecule has 0 bridgehead atoms. The van der Waals surface area contributed by atoms with Crippen molar-refractivity contribution in [2.75, 3.05) is 13.1 Å². The summed E-state index contributed by atoms with van der Waals surface area (Å²) in [6.07, 6.45) is 4.82. The number of hydrogen-bond donors (Lipinski definition) is 2. The highest BCUT2D eigenvalue weighted by Gasteiger charge is 2.21. The van der Waals surface area contributed by atoms with Crippen LogP contribution in [0.15, 0.2) is 54.9 Å². The average Bonchev–Trinajstić information content (AvgIpc) is 3.52. The van der Waals surface area contributed by atoms with Crippen LogP contribution in [-0.2, 0) is 17.8 Å². The smallest absolute Gasteiger partial charge is 0.222 e. The molecule has 1 fully saturated rings. The van der Waals surface area contributed by atoms with Crippen LogP contribution in [0, 0.1) is 0 Å². The van der Waals surface area contributed by atoms with Crippen molar-refractivity contribution >= 4 is 34.5 Å². The maximum absolute atomic E-state index is 11.8. The molecule has 35 heavy (non-hydrogen) atoms. The number of thiophene rings is 1. The molecule has 0 unspecified atom stereocenters. The molecule has 182 valence electrons. The third-order valence-corrected chi connectivity index (χ3v) is 7.77. The lowest BCUT2D eigenvalue weighted by Crippen LogP contribution is -2.26. The zero-order chi connectivity index (χ0) is 24.5. The number of imidazole rings is 1. The van der Waals surface area contributed by atoms with Crippen molar-refractivity contribution in [2.45, 2.75) is 38.5 Å². The van der Waals surface area contributed by atoms with Gasteiger partial charge in [0.05, 0.1) is 28.1 Å². The van der Waals surface area contributed by atoms with Crippen LogP contribution in [0.2, 0.25) is 5.02 Å². The first-order chi connectivity index (χ1) is 16.9. The fraction of sp³-hybridized carbons (Fsp3) is 0.308. The van der Waals surface area contributed by atoms with Crippen LogP contribution < -0.4 is 16.2 Å². The van der Waals surface area contributed by atoms with Crippen LogP contribution in [0.4, 0.5) is 0 Å². The van der Waals surface area contributed by atoms with Crippen LogP contribution >= 0.6 is 22.9 Å². The number of nitrogens with zero attached hydrogens (tertiary/aromatic N) is 3. The Morgan fingerprint density at radius 3 is 2.89 bits per heavy atom. The molecule has 1 saturated heterocycles. The molecule has 4 heterocycles. The first kappa shape index (κ1) is 23.8. The second-order valence-electron chi connectivity index (χ2n) is 9.02. The monoisotopic (exact) mass is 509 g/mol. The van der Waals surface area contributed by atoms with E-state index in [2.05, 4.69) is 26.5 Å². The Balaban J connectivity index is 1.46. The summed E-state index contributed by atoms with van der Waals surface area (Å²) in [6.45, 7) is 4.72. The standard InChI is InChI=1S/C26H28ClN5O2S/c1-16(19-4-2-3-5-20(19)27)34-22-10-23(35-24(22)11-25(29)33)21-12-30-26-7-6-17(14-32(21)26)13-31-9-8-18(28)15-31/h2-7,10,12,14,16,18H,8-9,11,13,15,28H2,1H3,(H2,29,33)/t16-,18+/m1/s1. The van der Waals surface area contributed by atoms with E-state index in [0.717, 1.165) is 52.7 Å². The Kier molecular flexibility index (Phi) is 6.80. The lowest BCUT2D eigenvalue weighted by molar-refractivity contribution is -0.117. The Morgan fingerprint density at radius 1 is 1.31 bits per heavy atom. The fourth-order valence-corrected chi connectivity index (χ4v) is 5.94. The number of rotatable bonds is 8. The van der Waals surface area contributed by atoms with E-state index in [4.69, 9.17) is 27.8 Å². The summed E-state index contributed by atoms with van der Waals surface area (Å²) in [5.74, 6) is 0.228. The molecule has 1 aromatic carbocycles. The summed E-state index contributed by atoms with van der Waals surface area (Å²) in [5.41, 5.74) is 15.5. The predicted molar refractivity (Wildman–Crippen MR) is 140 cm³/mol. The molecule has 0 aliphatic carbocycles. The van der Waals surface area contributed by atoms with Gasteiger partial charge in [0.25, 0.3) is 0 Å². The summed E-state index contributed by atoms with van der Waals surface area (Å²) in [7, 11) is 0. The molecule has 4 N–H and O–H groups in total. The van der Waals surface area contributed by atoms with Gasteiger partial charge in [-0.1, -0.05) is 35.9 Å². The Bertz CT molecular complexity index is 1370. The number of ether oxygens (including phenoxy) is 1. The zero-order valence-corrected chi connectivity index (χ0v) is 21.1. The SMILES string of the molecule is C[C@@H](Oc1cc(-c2cnc3ccc(CN4CC[C@H](N)C4)cn23)sc1CC(N)=O)c1ccccc1Cl. The van der Waals surface area contributed by atoms with E-state index in [1.807, 2.05) is 49.5 Å². The lowest BCUT2D eigenvalue weighted by Gasteiger charge is -2.16. The predicted octanol–water partition coefficient (Wildman–Crippen LogP) is 4.42. The van der Waals surface area contributed by atoms with E-state index in [0.29, 0.717) is 10.8 Å². The Labute approximate surface area is 213 Å². The van der Waals surface area contributed by atoms with Gasteiger partial charge in [0.15, 0.2) is 0 Å². The molecule has 2 atom stereocenters. The Hall–Kier alpha value is -2.91. The molecule has 5 rings (SSSR count). The van der Waals surface area contributed by atoms with Crippen LogP contribution in [0.5, 0.6) is 5.75 Å². The quantitative estimate of drug-likeness (QED) is 0.366. The number of benzene rings is 1. The minimum Gasteiger partial charge on any atom is -0.485 e. The van der Waals surface area contributed by atoms with Gasteiger partial charge in [0.2, 0.25) is 5.91 Å². The first-order valence-corrected chi connectivity index (χ1v) is 12.8. The van der Waals surface area contributed by atoms with Gasteiger partial charge in [-0.05, 0) is 31.0 Å². The second kappa shape index (κ2) is 9.99.